The highest BCUT2D eigenvalue weighted by molar-refractivity contribution is 5.68. The Morgan fingerprint density at radius 3 is 2.82 bits per heavy atom. The SMILES string of the molecule is Cc1cn2c(Nc3cc(C)[nH]n3)nc(-c3cc(CNC=O)ccc3F)cc2n1. The van der Waals surface area contributed by atoms with Crippen molar-refractivity contribution in [1.82, 2.24) is 29.9 Å². The van der Waals surface area contributed by atoms with E-state index in [1.54, 1.807) is 22.6 Å². The summed E-state index contributed by atoms with van der Waals surface area (Å²) in [5, 5.41) is 12.8. The summed E-state index contributed by atoms with van der Waals surface area (Å²) in [6, 6.07) is 8.23. The lowest BCUT2D eigenvalue weighted by Gasteiger charge is -2.10. The zero-order chi connectivity index (χ0) is 19.7. The van der Waals surface area contributed by atoms with Gasteiger partial charge in [-0.25, -0.2) is 14.4 Å². The molecule has 0 atom stereocenters. The number of carbonyl (C=O) groups is 1. The second-order valence-corrected chi connectivity index (χ2v) is 6.45. The van der Waals surface area contributed by atoms with Crippen LogP contribution in [0.25, 0.3) is 16.9 Å². The van der Waals surface area contributed by atoms with Gasteiger partial charge in [-0.1, -0.05) is 6.07 Å². The number of imidazole rings is 1. The van der Waals surface area contributed by atoms with E-state index in [0.717, 1.165) is 17.0 Å². The molecule has 0 bridgehead atoms. The summed E-state index contributed by atoms with van der Waals surface area (Å²) in [5.74, 6) is 0.658. The number of rotatable bonds is 6. The second kappa shape index (κ2) is 7.10. The first-order chi connectivity index (χ1) is 13.5. The highest BCUT2D eigenvalue weighted by Crippen LogP contribution is 2.27. The summed E-state index contributed by atoms with van der Waals surface area (Å²) in [6.07, 6.45) is 2.45. The summed E-state index contributed by atoms with van der Waals surface area (Å²) < 4.78 is 16.3. The predicted molar refractivity (Wildman–Crippen MR) is 103 cm³/mol. The van der Waals surface area contributed by atoms with Gasteiger partial charge in [0, 0.05) is 36.1 Å². The van der Waals surface area contributed by atoms with Crippen LogP contribution in [0.4, 0.5) is 16.2 Å². The number of aromatic amines is 1. The molecule has 1 amide bonds. The number of carbonyl (C=O) groups excluding carboxylic acids is 1. The van der Waals surface area contributed by atoms with E-state index in [1.165, 1.54) is 6.07 Å². The van der Waals surface area contributed by atoms with Crippen molar-refractivity contribution in [3.8, 4) is 11.3 Å². The minimum Gasteiger partial charge on any atom is -0.355 e. The fourth-order valence-corrected chi connectivity index (χ4v) is 2.97. The summed E-state index contributed by atoms with van der Waals surface area (Å²) in [5.41, 5.74) is 3.87. The average molecular weight is 379 g/mol. The van der Waals surface area contributed by atoms with E-state index in [2.05, 4.69) is 30.8 Å². The fourth-order valence-electron chi connectivity index (χ4n) is 2.97. The van der Waals surface area contributed by atoms with Crippen molar-refractivity contribution >= 4 is 23.8 Å². The number of nitrogens with one attached hydrogen (secondary N) is 3. The topological polar surface area (TPSA) is 100 Å². The standard InChI is InChI=1S/C19H18FN7O/c1-11-5-17(26-25-11)24-19-23-16(7-18-22-12(2)9-27(18)19)14-6-13(8-21-10-28)3-4-15(14)20/h3-7,9-10H,8H2,1-2H3,(H,21,28)(H2,23,24,25,26). The van der Waals surface area contributed by atoms with Gasteiger partial charge in [0.2, 0.25) is 12.4 Å². The number of benzene rings is 1. The highest BCUT2D eigenvalue weighted by Gasteiger charge is 2.14. The van der Waals surface area contributed by atoms with Crippen LogP contribution < -0.4 is 10.6 Å². The molecule has 9 heteroatoms. The van der Waals surface area contributed by atoms with Gasteiger partial charge in [0.05, 0.1) is 11.4 Å². The van der Waals surface area contributed by atoms with Gasteiger partial charge in [-0.15, -0.1) is 0 Å². The number of fused-ring (bicyclic) bond motifs is 1. The molecule has 0 saturated carbocycles. The molecule has 0 spiro atoms. The highest BCUT2D eigenvalue weighted by atomic mass is 19.1. The second-order valence-electron chi connectivity index (χ2n) is 6.45. The zero-order valence-corrected chi connectivity index (χ0v) is 15.3. The Balaban J connectivity index is 1.82. The molecular formula is C19H18FN7O. The van der Waals surface area contributed by atoms with Crippen LogP contribution in [0.5, 0.6) is 0 Å². The van der Waals surface area contributed by atoms with Gasteiger partial charge in [0.15, 0.2) is 5.82 Å². The number of anilines is 2. The number of amides is 1. The lowest BCUT2D eigenvalue weighted by atomic mass is 10.1. The van der Waals surface area contributed by atoms with E-state index in [0.29, 0.717) is 41.6 Å². The maximum absolute atomic E-state index is 14.5. The van der Waals surface area contributed by atoms with Crippen molar-refractivity contribution in [3.63, 3.8) is 0 Å². The Kier molecular flexibility index (Phi) is 4.48. The Morgan fingerprint density at radius 2 is 2.07 bits per heavy atom. The molecule has 28 heavy (non-hydrogen) atoms. The van der Waals surface area contributed by atoms with Crippen LogP contribution in [-0.4, -0.2) is 31.0 Å². The van der Waals surface area contributed by atoms with E-state index in [1.807, 2.05) is 26.1 Å². The number of aryl methyl sites for hydroxylation is 2. The van der Waals surface area contributed by atoms with E-state index < -0.39 is 5.82 Å². The van der Waals surface area contributed by atoms with Crippen molar-refractivity contribution in [2.45, 2.75) is 20.4 Å². The summed E-state index contributed by atoms with van der Waals surface area (Å²) >= 11 is 0. The molecule has 4 aromatic rings. The minimum atomic E-state index is -0.406. The van der Waals surface area contributed by atoms with Crippen LogP contribution in [-0.2, 0) is 11.3 Å². The molecular weight excluding hydrogens is 361 g/mol. The molecule has 0 aliphatic rings. The van der Waals surface area contributed by atoms with Gasteiger partial charge < -0.3 is 10.6 Å². The molecule has 0 saturated heterocycles. The monoisotopic (exact) mass is 379 g/mol. The van der Waals surface area contributed by atoms with Crippen LogP contribution in [0, 0.1) is 19.7 Å². The predicted octanol–water partition coefficient (Wildman–Crippen LogP) is 2.86. The number of hydrogen-bond donors (Lipinski definition) is 3. The van der Waals surface area contributed by atoms with Crippen molar-refractivity contribution in [2.75, 3.05) is 5.32 Å². The van der Waals surface area contributed by atoms with Gasteiger partial charge in [-0.3, -0.25) is 14.3 Å². The third kappa shape index (κ3) is 3.41. The van der Waals surface area contributed by atoms with Crippen LogP contribution >= 0.6 is 0 Å². The third-order valence-corrected chi connectivity index (χ3v) is 4.22. The fraction of sp³-hybridized carbons (Fsp3) is 0.158. The van der Waals surface area contributed by atoms with Crippen molar-refractivity contribution < 1.29 is 9.18 Å². The lowest BCUT2D eigenvalue weighted by Crippen LogP contribution is -2.10. The van der Waals surface area contributed by atoms with Gasteiger partial charge in [-0.2, -0.15) is 5.10 Å². The Morgan fingerprint density at radius 1 is 1.21 bits per heavy atom. The first-order valence-corrected chi connectivity index (χ1v) is 8.65. The Hall–Kier alpha value is -3.75. The van der Waals surface area contributed by atoms with Gasteiger partial charge in [0.1, 0.15) is 11.5 Å². The largest absolute Gasteiger partial charge is 0.355 e. The van der Waals surface area contributed by atoms with E-state index >= 15 is 0 Å². The number of halogens is 1. The minimum absolute atomic E-state index is 0.305. The molecule has 0 fully saturated rings. The number of hydrogen-bond acceptors (Lipinski definition) is 5. The molecule has 0 aliphatic carbocycles. The Bertz CT molecular complexity index is 1160. The smallest absolute Gasteiger partial charge is 0.215 e. The first-order valence-electron chi connectivity index (χ1n) is 8.65. The van der Waals surface area contributed by atoms with Crippen molar-refractivity contribution in [1.29, 1.82) is 0 Å². The molecule has 0 aliphatic heterocycles. The van der Waals surface area contributed by atoms with Gasteiger partial charge in [0.25, 0.3) is 0 Å². The average Bonchev–Trinajstić information content (AvgIpc) is 3.25. The van der Waals surface area contributed by atoms with Gasteiger partial charge >= 0.3 is 0 Å². The van der Waals surface area contributed by atoms with Crippen LogP contribution in [0.2, 0.25) is 0 Å². The summed E-state index contributed by atoms with van der Waals surface area (Å²) in [6.45, 7) is 4.08. The molecule has 142 valence electrons. The van der Waals surface area contributed by atoms with E-state index in [9.17, 15) is 9.18 Å². The van der Waals surface area contributed by atoms with Crippen molar-refractivity contribution in [2.24, 2.45) is 0 Å². The third-order valence-electron chi connectivity index (χ3n) is 4.22. The molecule has 0 radical (unpaired) electrons. The molecule has 0 unspecified atom stereocenters. The molecule has 4 rings (SSSR count). The summed E-state index contributed by atoms with van der Waals surface area (Å²) in [4.78, 5) is 19.6. The number of H-pyrrole nitrogens is 1. The van der Waals surface area contributed by atoms with Crippen molar-refractivity contribution in [3.05, 3.63) is 59.3 Å². The van der Waals surface area contributed by atoms with E-state index in [-0.39, 0.29) is 0 Å². The lowest BCUT2D eigenvalue weighted by molar-refractivity contribution is -0.109. The zero-order valence-electron chi connectivity index (χ0n) is 15.3. The maximum atomic E-state index is 14.5. The number of aromatic nitrogens is 5. The maximum Gasteiger partial charge on any atom is 0.215 e. The van der Waals surface area contributed by atoms with Gasteiger partial charge in [-0.05, 0) is 31.5 Å². The summed E-state index contributed by atoms with van der Waals surface area (Å²) in [7, 11) is 0. The Labute approximate surface area is 159 Å². The quantitative estimate of drug-likeness (QED) is 0.447. The van der Waals surface area contributed by atoms with Crippen LogP contribution in [0.3, 0.4) is 0 Å². The molecule has 3 heterocycles. The molecule has 3 N–H and O–H groups in total. The molecule has 8 nitrogen and oxygen atoms in total. The van der Waals surface area contributed by atoms with Crippen LogP contribution in [0.15, 0.2) is 36.5 Å². The first kappa shape index (κ1) is 17.7. The normalized spacial score (nSPS) is 11.0. The van der Waals surface area contributed by atoms with Crippen LogP contribution in [0.1, 0.15) is 17.0 Å². The molecule has 1 aromatic carbocycles. The molecule has 3 aromatic heterocycles. The number of nitrogens with zero attached hydrogens (tertiary/aromatic N) is 4. The van der Waals surface area contributed by atoms with E-state index in [4.69, 9.17) is 0 Å².